The summed E-state index contributed by atoms with van der Waals surface area (Å²) in [4.78, 5) is 17.3. The average molecular weight is 453 g/mol. The molecule has 7 nitrogen and oxygen atoms in total. The number of carbonyl (C=O) groups excluding carboxylic acids is 1. The molecule has 0 unspecified atom stereocenters. The highest BCUT2D eigenvalue weighted by Gasteiger charge is 2.32. The first-order valence-electron chi connectivity index (χ1n) is 11.1. The lowest BCUT2D eigenvalue weighted by atomic mass is 10.1. The molecular formula is C24H28N4O3S. The third-order valence-electron chi connectivity index (χ3n) is 6.76. The Morgan fingerprint density at radius 3 is 2.44 bits per heavy atom. The van der Waals surface area contributed by atoms with Gasteiger partial charge >= 0.3 is 0 Å². The van der Waals surface area contributed by atoms with Crippen LogP contribution in [0.2, 0.25) is 0 Å². The largest absolute Gasteiger partial charge is 0.349 e. The highest BCUT2D eigenvalue weighted by molar-refractivity contribution is 7.89. The second kappa shape index (κ2) is 8.35. The topological polar surface area (TPSA) is 65.9 Å². The molecule has 1 fully saturated rings. The van der Waals surface area contributed by atoms with Crippen molar-refractivity contribution in [1.82, 2.24) is 18.7 Å². The van der Waals surface area contributed by atoms with E-state index < -0.39 is 10.0 Å². The zero-order chi connectivity index (χ0) is 22.3. The van der Waals surface area contributed by atoms with Gasteiger partial charge in [-0.1, -0.05) is 30.3 Å². The molecular weight excluding hydrogens is 424 g/mol. The molecule has 8 heteroatoms. The molecule has 2 aromatic carbocycles. The van der Waals surface area contributed by atoms with E-state index in [9.17, 15) is 13.2 Å². The van der Waals surface area contributed by atoms with Crippen LogP contribution in [0.1, 0.15) is 18.7 Å². The predicted octanol–water partition coefficient (Wildman–Crippen LogP) is 2.55. The number of aromatic nitrogens is 1. The van der Waals surface area contributed by atoms with Crippen LogP contribution in [0.4, 0.5) is 0 Å². The Kier molecular flexibility index (Phi) is 5.53. The first-order chi connectivity index (χ1) is 15.4. The molecule has 0 aliphatic carbocycles. The zero-order valence-corrected chi connectivity index (χ0v) is 19.0. The molecule has 168 valence electrons. The maximum atomic E-state index is 13.2. The van der Waals surface area contributed by atoms with Gasteiger partial charge in [0.25, 0.3) is 0 Å². The fourth-order valence-corrected chi connectivity index (χ4v) is 6.23. The highest BCUT2D eigenvalue weighted by atomic mass is 32.2. The van der Waals surface area contributed by atoms with Crippen molar-refractivity contribution in [3.8, 4) is 0 Å². The van der Waals surface area contributed by atoms with Crippen molar-refractivity contribution in [1.29, 1.82) is 0 Å². The minimum Gasteiger partial charge on any atom is -0.349 e. The monoisotopic (exact) mass is 452 g/mol. The van der Waals surface area contributed by atoms with Gasteiger partial charge in [0.1, 0.15) is 0 Å². The van der Waals surface area contributed by atoms with E-state index in [0.29, 0.717) is 37.6 Å². The Labute approximate surface area is 188 Å². The molecule has 1 amide bonds. The van der Waals surface area contributed by atoms with Gasteiger partial charge in [-0.05, 0) is 42.0 Å². The Morgan fingerprint density at radius 2 is 1.66 bits per heavy atom. The molecule has 0 N–H and O–H groups in total. The molecule has 0 radical (unpaired) electrons. The highest BCUT2D eigenvalue weighted by Crippen LogP contribution is 2.26. The van der Waals surface area contributed by atoms with Crippen molar-refractivity contribution < 1.29 is 13.2 Å². The van der Waals surface area contributed by atoms with Crippen LogP contribution >= 0.6 is 0 Å². The molecule has 0 bridgehead atoms. The van der Waals surface area contributed by atoms with E-state index in [0.717, 1.165) is 23.9 Å². The molecule has 2 aliphatic rings. The first-order valence-corrected chi connectivity index (χ1v) is 12.5. The molecule has 1 aromatic heterocycles. The summed E-state index contributed by atoms with van der Waals surface area (Å²) in [6.07, 6.45) is 2.08. The van der Waals surface area contributed by atoms with Gasteiger partial charge in [0.2, 0.25) is 15.9 Å². The lowest BCUT2D eigenvalue weighted by Gasteiger charge is -2.38. The van der Waals surface area contributed by atoms with Crippen LogP contribution in [0.3, 0.4) is 0 Å². The van der Waals surface area contributed by atoms with Crippen molar-refractivity contribution in [2.24, 2.45) is 0 Å². The van der Waals surface area contributed by atoms with Crippen LogP contribution in [0.15, 0.2) is 65.7 Å². The van der Waals surface area contributed by atoms with Crippen molar-refractivity contribution in [2.45, 2.75) is 24.4 Å². The predicted molar refractivity (Wildman–Crippen MR) is 124 cm³/mol. The molecule has 32 heavy (non-hydrogen) atoms. The second-order valence-corrected chi connectivity index (χ2v) is 10.5. The standard InChI is InChI=1S/C24H28N4O3S/c1-19-23-7-4-10-25(23)11-12-27(19)18-24(29)26-13-15-28(16-14-26)32(30,31)22-9-8-20-5-2-3-6-21(20)17-22/h2-10,17,19H,11-16,18H2,1H3/t19-/m0/s1. The van der Waals surface area contributed by atoms with E-state index in [1.165, 1.54) is 10.00 Å². The number of amides is 1. The van der Waals surface area contributed by atoms with Crippen molar-refractivity contribution >= 4 is 26.7 Å². The van der Waals surface area contributed by atoms with Crippen molar-refractivity contribution in [3.63, 3.8) is 0 Å². The van der Waals surface area contributed by atoms with E-state index in [-0.39, 0.29) is 11.9 Å². The molecule has 3 heterocycles. The van der Waals surface area contributed by atoms with Crippen molar-refractivity contribution in [2.75, 3.05) is 39.3 Å². The van der Waals surface area contributed by atoms with E-state index in [1.807, 2.05) is 36.4 Å². The minimum absolute atomic E-state index is 0.0691. The van der Waals surface area contributed by atoms with Gasteiger partial charge in [0, 0.05) is 57.2 Å². The summed E-state index contributed by atoms with van der Waals surface area (Å²) >= 11 is 0. The summed E-state index contributed by atoms with van der Waals surface area (Å²) in [5.74, 6) is 0.0691. The van der Waals surface area contributed by atoms with Crippen LogP contribution in [0, 0.1) is 0 Å². The van der Waals surface area contributed by atoms with Gasteiger partial charge in [-0.25, -0.2) is 8.42 Å². The number of rotatable bonds is 4. The Hall–Kier alpha value is -2.68. The summed E-state index contributed by atoms with van der Waals surface area (Å²) < 4.78 is 30.1. The number of benzene rings is 2. The Bertz CT molecular complexity index is 1240. The lowest BCUT2D eigenvalue weighted by molar-refractivity contribution is -0.134. The van der Waals surface area contributed by atoms with E-state index in [1.54, 1.807) is 17.0 Å². The number of sulfonamides is 1. The number of hydrogen-bond acceptors (Lipinski definition) is 4. The number of piperazine rings is 1. The Morgan fingerprint density at radius 1 is 0.906 bits per heavy atom. The summed E-state index contributed by atoms with van der Waals surface area (Å²) in [6.45, 7) is 5.70. The van der Waals surface area contributed by atoms with E-state index in [2.05, 4.69) is 28.7 Å². The number of carbonyl (C=O) groups is 1. The maximum Gasteiger partial charge on any atom is 0.243 e. The van der Waals surface area contributed by atoms with Crippen LogP contribution in [-0.2, 0) is 21.4 Å². The molecule has 0 saturated carbocycles. The number of nitrogens with zero attached hydrogens (tertiary/aromatic N) is 4. The summed E-state index contributed by atoms with van der Waals surface area (Å²) in [5, 5.41) is 1.92. The second-order valence-electron chi connectivity index (χ2n) is 8.57. The molecule has 1 saturated heterocycles. The zero-order valence-electron chi connectivity index (χ0n) is 18.2. The normalized spacial score (nSPS) is 20.4. The number of fused-ring (bicyclic) bond motifs is 2. The molecule has 2 aliphatic heterocycles. The molecule has 0 spiro atoms. The van der Waals surface area contributed by atoms with E-state index >= 15 is 0 Å². The molecule has 5 rings (SSSR count). The van der Waals surface area contributed by atoms with Crippen molar-refractivity contribution in [3.05, 3.63) is 66.5 Å². The SMILES string of the molecule is C[C@H]1c2cccn2CCN1CC(=O)N1CCN(S(=O)(=O)c2ccc3ccccc3c2)CC1. The van der Waals surface area contributed by atoms with Crippen LogP contribution in [0.5, 0.6) is 0 Å². The number of hydrogen-bond donors (Lipinski definition) is 0. The smallest absolute Gasteiger partial charge is 0.243 e. The fraction of sp³-hybridized carbons (Fsp3) is 0.375. The summed E-state index contributed by atoms with van der Waals surface area (Å²) in [6, 6.07) is 17.3. The van der Waals surface area contributed by atoms with Crippen LogP contribution in [0.25, 0.3) is 10.8 Å². The maximum absolute atomic E-state index is 13.2. The quantitative estimate of drug-likeness (QED) is 0.610. The third kappa shape index (κ3) is 3.83. The van der Waals surface area contributed by atoms with Gasteiger partial charge in [-0.2, -0.15) is 4.31 Å². The third-order valence-corrected chi connectivity index (χ3v) is 8.65. The summed E-state index contributed by atoms with van der Waals surface area (Å²) in [7, 11) is -3.58. The first kappa shape index (κ1) is 21.2. The van der Waals surface area contributed by atoms with Gasteiger partial charge < -0.3 is 9.47 Å². The fourth-order valence-electron chi connectivity index (χ4n) is 4.77. The van der Waals surface area contributed by atoms with Crippen LogP contribution < -0.4 is 0 Å². The average Bonchev–Trinajstić information content (AvgIpc) is 3.30. The summed E-state index contributed by atoms with van der Waals surface area (Å²) in [5.41, 5.74) is 1.23. The van der Waals surface area contributed by atoms with Crippen LogP contribution in [-0.4, -0.2) is 72.3 Å². The van der Waals surface area contributed by atoms with Gasteiger partial charge in [-0.15, -0.1) is 0 Å². The Balaban J connectivity index is 1.22. The van der Waals surface area contributed by atoms with Gasteiger partial charge in [0.15, 0.2) is 0 Å². The molecule has 1 atom stereocenters. The lowest BCUT2D eigenvalue weighted by Crippen LogP contribution is -2.53. The van der Waals surface area contributed by atoms with Gasteiger partial charge in [0.05, 0.1) is 11.4 Å². The minimum atomic E-state index is -3.58. The van der Waals surface area contributed by atoms with E-state index in [4.69, 9.17) is 0 Å². The van der Waals surface area contributed by atoms with Gasteiger partial charge in [-0.3, -0.25) is 9.69 Å². The molecule has 3 aromatic rings.